The Hall–Kier alpha value is -1.31. The van der Waals surface area contributed by atoms with Crippen molar-refractivity contribution in [3.05, 3.63) is 22.6 Å². The molecule has 0 amide bonds. The van der Waals surface area contributed by atoms with Crippen LogP contribution >= 0.6 is 46.7 Å². The van der Waals surface area contributed by atoms with Crippen molar-refractivity contribution in [2.75, 3.05) is 12.3 Å². The molecule has 17 nitrogen and oxygen atoms in total. The van der Waals surface area contributed by atoms with Crippen LogP contribution in [0.4, 0.5) is 5.95 Å². The zero-order chi connectivity index (χ0) is 28.0. The number of phosphoric ester groups is 1. The number of rotatable bonds is 9. The van der Waals surface area contributed by atoms with Crippen LogP contribution in [0.25, 0.3) is 11.0 Å². The Labute approximate surface area is 216 Å². The average molecular weight is 627 g/mol. The van der Waals surface area contributed by atoms with E-state index >= 15 is 0 Å². The molecule has 0 spiro atoms. The molecule has 1 aliphatic heterocycles. The molecule has 0 aromatic carbocycles. The zero-order valence-corrected chi connectivity index (χ0v) is 22.4. The number of fused-ring (bicyclic) bond motifs is 1. The lowest BCUT2D eigenvalue weighted by Crippen LogP contribution is -2.41. The number of aromatic amines is 1. The van der Waals surface area contributed by atoms with E-state index in [0.29, 0.717) is 0 Å². The molecule has 0 bridgehead atoms. The van der Waals surface area contributed by atoms with Crippen LogP contribution in [0.15, 0.2) is 17.1 Å². The first-order chi connectivity index (χ1) is 16.9. The number of nitrogen functional groups attached to an aromatic ring is 1. The van der Waals surface area contributed by atoms with Gasteiger partial charge in [0.05, 0.1) is 24.2 Å². The minimum atomic E-state index is -5.78. The fraction of sp³-hybridized carbons (Fsp3) is 0.467. The molecule has 3 rings (SSSR count). The van der Waals surface area contributed by atoms with E-state index in [1.165, 1.54) is 16.8 Å². The summed E-state index contributed by atoms with van der Waals surface area (Å²) in [5, 5.41) is 12.3. The monoisotopic (exact) mass is 626 g/mol. The number of H-pyrrole nitrogens is 1. The maximum atomic E-state index is 12.3. The number of hydrogen-bond donors (Lipinski definition) is 7. The highest BCUT2D eigenvalue weighted by atomic mass is 35.5. The number of anilines is 1. The first-order valence-corrected chi connectivity index (χ1v) is 15.0. The van der Waals surface area contributed by atoms with Gasteiger partial charge in [0.25, 0.3) is 5.56 Å². The molecule has 8 N–H and O–H groups in total. The van der Waals surface area contributed by atoms with E-state index in [-0.39, 0.29) is 17.0 Å². The fourth-order valence-electron chi connectivity index (χ4n) is 3.75. The van der Waals surface area contributed by atoms with Gasteiger partial charge in [0, 0.05) is 17.5 Å². The van der Waals surface area contributed by atoms with Crippen molar-refractivity contribution < 1.29 is 56.3 Å². The van der Waals surface area contributed by atoms with Crippen LogP contribution in [-0.4, -0.2) is 62.9 Å². The number of halogens is 2. The SMILES string of the molecule is C[C@H](OP(=O)(O)OP(=O)(O)OP(=O)(O)O)[C@H]1O[C@@H](n2ccc3c(=O)[nH]c(N)nc32)C(Cl)(C#CCl)C1CO. The van der Waals surface area contributed by atoms with Crippen LogP contribution in [0.1, 0.15) is 13.2 Å². The van der Waals surface area contributed by atoms with Crippen molar-refractivity contribution in [3.63, 3.8) is 0 Å². The highest BCUT2D eigenvalue weighted by Crippen LogP contribution is 2.67. The van der Waals surface area contributed by atoms with Gasteiger partial charge >= 0.3 is 23.5 Å². The van der Waals surface area contributed by atoms with Crippen molar-refractivity contribution in [3.8, 4) is 11.3 Å². The minimum absolute atomic E-state index is 0.00512. The number of nitrogens with two attached hydrogens (primary N) is 1. The van der Waals surface area contributed by atoms with E-state index in [1.54, 1.807) is 0 Å². The average Bonchev–Trinajstić information content (AvgIpc) is 3.23. The molecule has 2 aromatic heterocycles. The minimum Gasteiger partial charge on any atom is -0.396 e. The molecule has 0 radical (unpaired) electrons. The van der Waals surface area contributed by atoms with Crippen molar-refractivity contribution in [2.24, 2.45) is 5.92 Å². The standard InChI is InChI=1S/C15H19Cl2N4O13P3/c1-7(32-36(27,28)34-37(29,30)33-35(24,25)26)10-9(6-22)15(17,3-4-16)13(31-10)21-5-2-8-11(21)19-14(18)20-12(8)23/h2,5,7,9-10,13,22H,6H2,1H3,(H,27,28)(H,29,30)(H2,24,25,26)(H3,18,19,20,23)/t7-,9?,10+,13+,15?/m0/s1. The van der Waals surface area contributed by atoms with Gasteiger partial charge in [0.15, 0.2) is 16.7 Å². The number of phosphoric acid groups is 3. The normalized spacial score (nSPS) is 28.3. The van der Waals surface area contributed by atoms with Gasteiger partial charge < -0.3 is 39.7 Å². The molecule has 0 aliphatic carbocycles. The number of ether oxygens (including phenoxy) is 1. The number of nitrogens with one attached hydrogen (secondary N) is 1. The van der Waals surface area contributed by atoms with Gasteiger partial charge in [-0.05, 0) is 24.6 Å². The number of hydrogen-bond acceptors (Lipinski definition) is 11. The predicted octanol–water partition coefficient (Wildman–Crippen LogP) is 0.722. The van der Waals surface area contributed by atoms with Gasteiger partial charge in [-0.15, -0.1) is 0 Å². The summed E-state index contributed by atoms with van der Waals surface area (Å²) < 4.78 is 54.1. The Bertz CT molecular complexity index is 1450. The lowest BCUT2D eigenvalue weighted by molar-refractivity contribution is -0.0640. The summed E-state index contributed by atoms with van der Waals surface area (Å²) in [4.78, 5) is 53.3. The number of nitrogens with zero attached hydrogens (tertiary/aromatic N) is 2. The van der Waals surface area contributed by atoms with E-state index < -0.39 is 64.9 Å². The Kier molecular flexibility index (Phi) is 8.74. The maximum Gasteiger partial charge on any atom is 0.490 e. The lowest BCUT2D eigenvalue weighted by Gasteiger charge is -2.29. The third kappa shape index (κ3) is 6.65. The van der Waals surface area contributed by atoms with Gasteiger partial charge in [-0.1, -0.05) is 17.5 Å². The summed E-state index contributed by atoms with van der Waals surface area (Å²) in [6, 6.07) is 1.37. The summed E-state index contributed by atoms with van der Waals surface area (Å²) in [5.41, 5.74) is 5.05. The van der Waals surface area contributed by atoms with Crippen LogP contribution in [-0.2, 0) is 31.6 Å². The predicted molar refractivity (Wildman–Crippen MR) is 126 cm³/mol. The van der Waals surface area contributed by atoms with Crippen LogP contribution in [0.3, 0.4) is 0 Å². The topological polar surface area (TPSA) is 266 Å². The molecule has 22 heteroatoms. The van der Waals surface area contributed by atoms with Gasteiger partial charge in [0.2, 0.25) is 5.95 Å². The molecule has 7 atom stereocenters. The molecule has 206 valence electrons. The Morgan fingerprint density at radius 3 is 2.51 bits per heavy atom. The molecule has 4 unspecified atom stereocenters. The second-order valence-corrected chi connectivity index (χ2v) is 12.7. The number of aliphatic hydroxyl groups excluding tert-OH is 1. The Morgan fingerprint density at radius 2 is 1.95 bits per heavy atom. The van der Waals surface area contributed by atoms with Gasteiger partial charge in [-0.3, -0.25) is 14.3 Å². The summed E-state index contributed by atoms with van der Waals surface area (Å²) in [5.74, 6) is 1.03. The molecule has 2 aromatic rings. The van der Waals surface area contributed by atoms with Crippen LogP contribution < -0.4 is 11.3 Å². The van der Waals surface area contributed by atoms with Crippen LogP contribution in [0.5, 0.6) is 0 Å². The Balaban J connectivity index is 1.97. The number of aromatic nitrogens is 3. The maximum absolute atomic E-state index is 12.3. The first-order valence-electron chi connectivity index (χ1n) is 9.69. The van der Waals surface area contributed by atoms with E-state index in [4.69, 9.17) is 48.0 Å². The molecule has 1 fully saturated rings. The van der Waals surface area contributed by atoms with Crippen molar-refractivity contribution in [2.45, 2.75) is 30.2 Å². The smallest absolute Gasteiger partial charge is 0.396 e. The molecule has 37 heavy (non-hydrogen) atoms. The van der Waals surface area contributed by atoms with E-state index in [0.717, 1.165) is 6.92 Å². The van der Waals surface area contributed by atoms with Gasteiger partial charge in [-0.2, -0.15) is 13.6 Å². The third-order valence-electron chi connectivity index (χ3n) is 5.05. The summed E-state index contributed by atoms with van der Waals surface area (Å²) in [6.45, 7) is 0.379. The highest BCUT2D eigenvalue weighted by Gasteiger charge is 2.58. The van der Waals surface area contributed by atoms with Crippen LogP contribution in [0.2, 0.25) is 0 Å². The number of aliphatic hydroxyl groups is 1. The largest absolute Gasteiger partial charge is 0.490 e. The van der Waals surface area contributed by atoms with Crippen molar-refractivity contribution in [1.82, 2.24) is 14.5 Å². The second kappa shape index (κ2) is 10.7. The van der Waals surface area contributed by atoms with E-state index in [9.17, 15) is 33.4 Å². The third-order valence-corrected chi connectivity index (χ3v) is 9.63. The summed E-state index contributed by atoms with van der Waals surface area (Å²) in [6.07, 6.45) is -2.97. The quantitative estimate of drug-likeness (QED) is 0.115. The van der Waals surface area contributed by atoms with Crippen molar-refractivity contribution in [1.29, 1.82) is 0 Å². The molecule has 3 heterocycles. The highest BCUT2D eigenvalue weighted by molar-refractivity contribution is 7.66. The molecular formula is C15H19Cl2N4O13P3. The van der Waals surface area contributed by atoms with E-state index in [2.05, 4.69) is 29.9 Å². The lowest BCUT2D eigenvalue weighted by atomic mass is 9.87. The fourth-order valence-corrected chi connectivity index (χ4v) is 7.55. The van der Waals surface area contributed by atoms with Crippen molar-refractivity contribution >= 4 is 63.7 Å². The van der Waals surface area contributed by atoms with Gasteiger partial charge in [-0.25, -0.2) is 13.7 Å². The zero-order valence-electron chi connectivity index (χ0n) is 18.2. The second-order valence-electron chi connectivity index (χ2n) is 7.54. The first kappa shape index (κ1) is 30.2. The molecular weight excluding hydrogens is 608 g/mol. The summed E-state index contributed by atoms with van der Waals surface area (Å²) in [7, 11) is -17.0. The molecule has 1 aliphatic rings. The van der Waals surface area contributed by atoms with Crippen LogP contribution in [0, 0.1) is 17.2 Å². The molecule has 0 saturated carbocycles. The van der Waals surface area contributed by atoms with E-state index in [1.807, 2.05) is 0 Å². The van der Waals surface area contributed by atoms with Gasteiger partial charge in [0.1, 0.15) is 0 Å². The molecule has 1 saturated heterocycles. The Morgan fingerprint density at radius 1 is 1.30 bits per heavy atom. The number of alkyl halides is 1. The summed E-state index contributed by atoms with van der Waals surface area (Å²) >= 11 is 12.3.